The Kier molecular flexibility index (Phi) is 8.26. The number of ether oxygens (including phenoxy) is 2. The average Bonchev–Trinajstić information content (AvgIpc) is 2.73. The normalized spacial score (nSPS) is 20.5. The fourth-order valence-corrected chi connectivity index (χ4v) is 4.12. The quantitative estimate of drug-likeness (QED) is 0.300. The first-order chi connectivity index (χ1) is 13.3. The smallest absolute Gasteiger partial charge is 0.219 e. The van der Waals surface area contributed by atoms with E-state index in [0.29, 0.717) is 17.7 Å². The molecule has 148 valence electrons. The number of benzene rings is 1. The molecule has 3 heteroatoms. The zero-order chi connectivity index (χ0) is 18.7. The predicted molar refractivity (Wildman–Crippen MR) is 112 cm³/mol. The van der Waals surface area contributed by atoms with E-state index in [1.165, 1.54) is 64.2 Å². The van der Waals surface area contributed by atoms with E-state index in [0.717, 1.165) is 24.5 Å². The second kappa shape index (κ2) is 11.2. The lowest BCUT2D eigenvalue weighted by atomic mass is 9.90. The molecule has 0 radical (unpaired) electrons. The van der Waals surface area contributed by atoms with Gasteiger partial charge in [0.15, 0.2) is 0 Å². The molecule has 0 spiro atoms. The molecule has 0 atom stereocenters. The molecule has 2 saturated carbocycles. The van der Waals surface area contributed by atoms with Crippen molar-refractivity contribution in [2.45, 2.75) is 71.1 Å². The highest BCUT2D eigenvalue weighted by Gasteiger charge is 2.16. The molecule has 0 aliphatic heterocycles. The molecule has 27 heavy (non-hydrogen) atoms. The molecule has 0 heterocycles. The minimum Gasteiger partial charge on any atom is -0.500 e. The molecule has 1 aromatic carbocycles. The molecule has 0 bridgehead atoms. The lowest BCUT2D eigenvalue weighted by molar-refractivity contribution is 0.163. The van der Waals surface area contributed by atoms with Gasteiger partial charge in [0.2, 0.25) is 5.90 Å². The van der Waals surface area contributed by atoms with E-state index < -0.39 is 0 Å². The number of aliphatic imine (C=N–C) groups is 1. The Morgan fingerprint density at radius 1 is 0.889 bits per heavy atom. The van der Waals surface area contributed by atoms with Crippen molar-refractivity contribution in [3.05, 3.63) is 42.2 Å². The van der Waals surface area contributed by atoms with Gasteiger partial charge in [-0.15, -0.1) is 0 Å². The molecule has 3 nitrogen and oxygen atoms in total. The van der Waals surface area contributed by atoms with Gasteiger partial charge in [-0.2, -0.15) is 0 Å². The molecule has 0 aromatic heterocycles. The second-order valence-corrected chi connectivity index (χ2v) is 8.21. The van der Waals surface area contributed by atoms with Crippen LogP contribution in [0.15, 0.2) is 47.2 Å². The Balaban J connectivity index is 1.60. The molecule has 0 saturated heterocycles. The second-order valence-electron chi connectivity index (χ2n) is 8.21. The van der Waals surface area contributed by atoms with Gasteiger partial charge in [-0.05, 0) is 56.6 Å². The fourth-order valence-electron chi connectivity index (χ4n) is 4.12. The summed E-state index contributed by atoms with van der Waals surface area (Å²) in [5.41, 5.74) is 1.90. The van der Waals surface area contributed by atoms with Crippen molar-refractivity contribution in [1.29, 1.82) is 0 Å². The molecule has 0 N–H and O–H groups in total. The van der Waals surface area contributed by atoms with Gasteiger partial charge >= 0.3 is 0 Å². The van der Waals surface area contributed by atoms with Crippen LogP contribution in [-0.4, -0.2) is 19.1 Å². The molecular weight excluding hydrogens is 334 g/mol. The molecule has 2 aliphatic rings. The summed E-state index contributed by atoms with van der Waals surface area (Å²) >= 11 is 0. The Morgan fingerprint density at radius 3 is 2.11 bits per heavy atom. The summed E-state index contributed by atoms with van der Waals surface area (Å²) in [5.74, 6) is 2.08. The third-order valence-corrected chi connectivity index (χ3v) is 5.82. The van der Waals surface area contributed by atoms with Crippen LogP contribution in [0.1, 0.15) is 71.1 Å². The van der Waals surface area contributed by atoms with Gasteiger partial charge in [-0.1, -0.05) is 56.7 Å². The highest BCUT2D eigenvalue weighted by atomic mass is 16.5. The topological polar surface area (TPSA) is 30.8 Å². The zero-order valence-corrected chi connectivity index (χ0v) is 16.9. The highest BCUT2D eigenvalue weighted by Crippen LogP contribution is 2.25. The van der Waals surface area contributed by atoms with Gasteiger partial charge in [0.1, 0.15) is 0 Å². The first-order valence-corrected chi connectivity index (χ1v) is 10.9. The van der Waals surface area contributed by atoms with Crippen LogP contribution in [0, 0.1) is 11.8 Å². The minimum atomic E-state index is 0.663. The highest BCUT2D eigenvalue weighted by molar-refractivity contribution is 5.94. The standard InChI is InChI=1S/C24H35NO2/c1-20(17-26-18-21-11-5-2-6-12-21)24(25-23-15-9-4-10-16-23)27-19-22-13-7-3-8-14-22/h4,9-10,15-17,21-22H,2-3,5-8,11-14,18-19H2,1H3/b20-17?,25-24+. The van der Waals surface area contributed by atoms with Crippen molar-refractivity contribution in [1.82, 2.24) is 0 Å². The fraction of sp³-hybridized carbons (Fsp3) is 0.625. The van der Waals surface area contributed by atoms with Gasteiger partial charge in [0.25, 0.3) is 0 Å². The van der Waals surface area contributed by atoms with Crippen molar-refractivity contribution in [2.24, 2.45) is 16.8 Å². The number of para-hydroxylation sites is 1. The summed E-state index contributed by atoms with van der Waals surface area (Å²) < 4.78 is 12.1. The van der Waals surface area contributed by atoms with E-state index >= 15 is 0 Å². The maximum Gasteiger partial charge on any atom is 0.219 e. The monoisotopic (exact) mass is 369 g/mol. The average molecular weight is 370 g/mol. The van der Waals surface area contributed by atoms with Crippen LogP contribution >= 0.6 is 0 Å². The largest absolute Gasteiger partial charge is 0.500 e. The summed E-state index contributed by atoms with van der Waals surface area (Å²) in [5, 5.41) is 0. The maximum atomic E-state index is 6.19. The van der Waals surface area contributed by atoms with Gasteiger partial charge in [0.05, 0.1) is 25.2 Å². The molecule has 1 aromatic rings. The molecule has 3 rings (SSSR count). The van der Waals surface area contributed by atoms with E-state index in [9.17, 15) is 0 Å². The van der Waals surface area contributed by atoms with Crippen LogP contribution in [0.25, 0.3) is 0 Å². The predicted octanol–water partition coefficient (Wildman–Crippen LogP) is 6.81. The van der Waals surface area contributed by atoms with Crippen molar-refractivity contribution >= 4 is 11.6 Å². The Morgan fingerprint density at radius 2 is 1.48 bits per heavy atom. The van der Waals surface area contributed by atoms with Crippen LogP contribution in [0.5, 0.6) is 0 Å². The number of nitrogens with zero attached hydrogens (tertiary/aromatic N) is 1. The Hall–Kier alpha value is -1.77. The third-order valence-electron chi connectivity index (χ3n) is 5.82. The third kappa shape index (κ3) is 7.04. The molecule has 2 fully saturated rings. The lowest BCUT2D eigenvalue weighted by Gasteiger charge is -2.22. The van der Waals surface area contributed by atoms with Crippen LogP contribution in [0.3, 0.4) is 0 Å². The first-order valence-electron chi connectivity index (χ1n) is 10.9. The lowest BCUT2D eigenvalue weighted by Crippen LogP contribution is -2.18. The van der Waals surface area contributed by atoms with Crippen LogP contribution in [0.2, 0.25) is 0 Å². The summed E-state index contributed by atoms with van der Waals surface area (Å²) in [6, 6.07) is 10.1. The number of hydrogen-bond donors (Lipinski definition) is 0. The number of rotatable bonds is 7. The summed E-state index contributed by atoms with van der Waals surface area (Å²) in [6.07, 6.45) is 15.1. The maximum absolute atomic E-state index is 6.19. The van der Waals surface area contributed by atoms with Crippen molar-refractivity contribution in [3.63, 3.8) is 0 Å². The van der Waals surface area contributed by atoms with Crippen LogP contribution < -0.4 is 0 Å². The van der Waals surface area contributed by atoms with Crippen molar-refractivity contribution in [2.75, 3.05) is 13.2 Å². The SMILES string of the molecule is CC(=COCC1CCCCC1)/C(=N\c1ccccc1)OCC1CCCCC1. The van der Waals surface area contributed by atoms with E-state index in [4.69, 9.17) is 14.5 Å². The minimum absolute atomic E-state index is 0.663. The van der Waals surface area contributed by atoms with Crippen LogP contribution in [0.4, 0.5) is 5.69 Å². The molecule has 2 aliphatic carbocycles. The van der Waals surface area contributed by atoms with E-state index in [1.54, 1.807) is 0 Å². The van der Waals surface area contributed by atoms with Crippen molar-refractivity contribution in [3.8, 4) is 0 Å². The first kappa shape index (κ1) is 20.0. The Bertz CT molecular complexity index is 596. The van der Waals surface area contributed by atoms with Crippen LogP contribution in [-0.2, 0) is 9.47 Å². The van der Waals surface area contributed by atoms with E-state index in [-0.39, 0.29) is 0 Å². The van der Waals surface area contributed by atoms with Gasteiger partial charge in [-0.25, -0.2) is 4.99 Å². The van der Waals surface area contributed by atoms with Gasteiger partial charge in [0, 0.05) is 5.57 Å². The van der Waals surface area contributed by atoms with Gasteiger partial charge < -0.3 is 9.47 Å². The number of hydrogen-bond acceptors (Lipinski definition) is 3. The van der Waals surface area contributed by atoms with Gasteiger partial charge in [-0.3, -0.25) is 0 Å². The summed E-state index contributed by atoms with van der Waals surface area (Å²) in [4.78, 5) is 4.75. The van der Waals surface area contributed by atoms with Crippen molar-refractivity contribution < 1.29 is 9.47 Å². The zero-order valence-electron chi connectivity index (χ0n) is 16.9. The molecule has 0 amide bonds. The molecular formula is C24H35NO2. The summed E-state index contributed by atoms with van der Waals surface area (Å²) in [6.45, 7) is 3.63. The van der Waals surface area contributed by atoms with E-state index in [2.05, 4.69) is 0 Å². The van der Waals surface area contributed by atoms with E-state index in [1.807, 2.05) is 43.5 Å². The Labute approximate surface area is 164 Å². The molecule has 0 unspecified atom stereocenters. The summed E-state index contributed by atoms with van der Waals surface area (Å²) in [7, 11) is 0.